The highest BCUT2D eigenvalue weighted by Gasteiger charge is 2.40. The first-order valence-corrected chi connectivity index (χ1v) is 15.1. The number of rotatable bonds is 8. The molecular weight excluding hydrogens is 665 g/mol. The molecule has 1 amide bonds. The lowest BCUT2D eigenvalue weighted by atomic mass is 10.1. The van der Waals surface area contributed by atoms with Crippen LogP contribution in [0.25, 0.3) is 0 Å². The molecule has 17 heteroatoms. The molecule has 0 spiro atoms. The van der Waals surface area contributed by atoms with Gasteiger partial charge in [-0.05, 0) is 33.1 Å². The minimum absolute atomic E-state index is 0.0137. The molecule has 4 rings (SSSR count). The summed E-state index contributed by atoms with van der Waals surface area (Å²) in [6.07, 6.45) is 4.90. The monoisotopic (exact) mass is 701 g/mol. The van der Waals surface area contributed by atoms with E-state index in [0.29, 0.717) is 42.8 Å². The molecule has 47 heavy (non-hydrogen) atoms. The van der Waals surface area contributed by atoms with Crippen molar-refractivity contribution in [2.75, 3.05) is 27.4 Å². The van der Waals surface area contributed by atoms with Gasteiger partial charge in [0.25, 0.3) is 5.91 Å². The predicted molar refractivity (Wildman–Crippen MR) is 164 cm³/mol. The zero-order chi connectivity index (χ0) is 35.8. The van der Waals surface area contributed by atoms with E-state index in [1.165, 1.54) is 18.8 Å². The van der Waals surface area contributed by atoms with Crippen molar-refractivity contribution in [3.8, 4) is 0 Å². The number of nitrogens with zero attached hydrogens (tertiary/aromatic N) is 3. The quantitative estimate of drug-likeness (QED) is 0.289. The molecule has 0 aliphatic carbocycles. The van der Waals surface area contributed by atoms with Crippen molar-refractivity contribution in [3.05, 3.63) is 65.4 Å². The van der Waals surface area contributed by atoms with Crippen LogP contribution in [-0.4, -0.2) is 84.2 Å². The van der Waals surface area contributed by atoms with Gasteiger partial charge in [-0.2, -0.15) is 19.2 Å². The van der Waals surface area contributed by atoms with Crippen LogP contribution in [0.3, 0.4) is 0 Å². The summed E-state index contributed by atoms with van der Waals surface area (Å²) in [5, 5.41) is -0.107. The molecule has 0 N–H and O–H groups in total. The van der Waals surface area contributed by atoms with E-state index < -0.39 is 12.3 Å². The van der Waals surface area contributed by atoms with Gasteiger partial charge in [-0.3, -0.25) is 14.4 Å². The lowest BCUT2D eigenvalue weighted by molar-refractivity contribution is -0.193. The van der Waals surface area contributed by atoms with Crippen molar-refractivity contribution in [2.24, 2.45) is 0 Å². The van der Waals surface area contributed by atoms with Crippen LogP contribution >= 0.6 is 23.2 Å². The molecule has 2 aromatic rings. The van der Waals surface area contributed by atoms with Crippen molar-refractivity contribution in [2.45, 2.75) is 78.6 Å². The molecule has 2 aromatic heterocycles. The first kappa shape index (κ1) is 41.1. The van der Waals surface area contributed by atoms with E-state index >= 15 is 0 Å². The maximum atomic E-state index is 12.6. The Morgan fingerprint density at radius 2 is 1.49 bits per heavy atom. The fourth-order valence-corrected chi connectivity index (χ4v) is 5.45. The molecule has 0 aromatic carbocycles. The van der Waals surface area contributed by atoms with Crippen molar-refractivity contribution >= 4 is 47.4 Å². The van der Waals surface area contributed by atoms with Crippen LogP contribution in [0, 0.1) is 0 Å². The predicted octanol–water partition coefficient (Wildman–Crippen LogP) is 2.35. The van der Waals surface area contributed by atoms with Crippen LogP contribution in [0.2, 0.25) is 10.0 Å². The number of pyridine rings is 2. The number of aromatic nitrogens is 2. The summed E-state index contributed by atoms with van der Waals surface area (Å²) in [6, 6.07) is 0.104. The third kappa shape index (κ3) is 10.3. The van der Waals surface area contributed by atoms with Crippen molar-refractivity contribution in [3.63, 3.8) is 0 Å². The van der Waals surface area contributed by atoms with Crippen LogP contribution in [0.4, 0.5) is 0 Å². The number of hydrogen-bond acceptors (Lipinski definition) is 12. The van der Waals surface area contributed by atoms with Gasteiger partial charge in [0.15, 0.2) is 18.2 Å². The summed E-state index contributed by atoms with van der Waals surface area (Å²) in [5.41, 5.74) is 0.854. The first-order chi connectivity index (χ1) is 22.4. The number of hydrogen-bond donors (Lipinski definition) is 0. The van der Waals surface area contributed by atoms with E-state index in [4.69, 9.17) is 61.3 Å². The van der Waals surface area contributed by atoms with E-state index in [2.05, 4.69) is 0 Å². The summed E-state index contributed by atoms with van der Waals surface area (Å²) >= 11 is 12.2. The second-order valence-electron chi connectivity index (χ2n) is 9.77. The Labute approximate surface area is 280 Å². The number of halogens is 2. The van der Waals surface area contributed by atoms with Gasteiger partial charge in [-0.25, -0.2) is 4.79 Å². The minimum atomic E-state index is -0.645. The number of ether oxygens (including phenoxy) is 4. The summed E-state index contributed by atoms with van der Waals surface area (Å²) in [4.78, 5) is 83.1. The number of carbonyl (C=O) groups excluding carboxylic acids is 6. The van der Waals surface area contributed by atoms with Crippen LogP contribution in [0.15, 0.2) is 22.0 Å². The Kier molecular flexibility index (Phi) is 17.8. The summed E-state index contributed by atoms with van der Waals surface area (Å²) in [5.74, 6) is -0.855. The molecule has 4 heterocycles. The SMILES string of the molecule is CCOC(=O)c1c(Cl)c(=O)c(CC)cn1CC(OC)OC.CCc1cn2c(c(Cl)c1=O)C(=O)N1[C@H](C)CCO[C@H]1C2.O=C=O.O=C=O. The lowest BCUT2D eigenvalue weighted by Gasteiger charge is -2.44. The number of aryl methyl sites for hydroxylation is 2. The molecule has 2 aliphatic rings. The van der Waals surface area contributed by atoms with Crippen LogP contribution in [0.5, 0.6) is 0 Å². The van der Waals surface area contributed by atoms with Gasteiger partial charge in [0, 0.05) is 43.8 Å². The molecule has 2 aliphatic heterocycles. The molecule has 15 nitrogen and oxygen atoms in total. The first-order valence-electron chi connectivity index (χ1n) is 14.4. The van der Waals surface area contributed by atoms with E-state index in [-0.39, 0.29) is 70.2 Å². The lowest BCUT2D eigenvalue weighted by Crippen LogP contribution is -2.57. The number of fused-ring (bicyclic) bond motifs is 2. The normalized spacial score (nSPS) is 16.0. The molecule has 258 valence electrons. The minimum Gasteiger partial charge on any atom is -0.461 e. The Morgan fingerprint density at radius 3 is 2.00 bits per heavy atom. The van der Waals surface area contributed by atoms with Gasteiger partial charge in [-0.15, -0.1) is 0 Å². The van der Waals surface area contributed by atoms with Crippen LogP contribution in [-0.2, 0) is 64.1 Å². The molecule has 0 radical (unpaired) electrons. The Hall–Kier alpha value is -3.94. The summed E-state index contributed by atoms with van der Waals surface area (Å²) in [6.45, 7) is 9.00. The maximum absolute atomic E-state index is 12.6. The highest BCUT2D eigenvalue weighted by atomic mass is 35.5. The van der Waals surface area contributed by atoms with Gasteiger partial charge < -0.3 is 33.0 Å². The summed E-state index contributed by atoms with van der Waals surface area (Å²) < 4.78 is 24.2. The van der Waals surface area contributed by atoms with Gasteiger partial charge in [0.1, 0.15) is 15.7 Å². The third-order valence-corrected chi connectivity index (χ3v) is 7.82. The fraction of sp³-hybridized carbons (Fsp3) is 0.533. The zero-order valence-electron chi connectivity index (χ0n) is 26.8. The molecular formula is C30H37Cl2N3O12. The van der Waals surface area contributed by atoms with Crippen LogP contribution < -0.4 is 10.9 Å². The van der Waals surface area contributed by atoms with Crippen molar-refractivity contribution in [1.29, 1.82) is 0 Å². The average Bonchev–Trinajstić information content (AvgIpc) is 3.04. The van der Waals surface area contributed by atoms with Crippen molar-refractivity contribution in [1.82, 2.24) is 14.0 Å². The second kappa shape index (κ2) is 20.3. The average molecular weight is 703 g/mol. The fourth-order valence-electron chi connectivity index (χ4n) is 4.83. The number of esters is 1. The molecule has 1 saturated heterocycles. The van der Waals surface area contributed by atoms with Gasteiger partial charge >= 0.3 is 18.3 Å². The standard InChI is InChI=1S/C14H17ClN2O3.C14H20ClNO5.2CO2/c1-3-9-6-16-7-10-17(8(2)4-5-20-10)14(19)12(16)11(15)13(9)18;1-5-9-7-16(8-10(19-3)20-4)12(11(15)13(9)17)14(18)21-6-2;2*2-1-3/h6,8,10H,3-5,7H2,1-2H3;7,10H,5-6,8H2,1-4H3;;/t8-,10+;;;/m1.../s1. The van der Waals surface area contributed by atoms with E-state index in [1.807, 2.05) is 20.8 Å². The second-order valence-corrected chi connectivity index (χ2v) is 10.5. The third-order valence-electron chi connectivity index (χ3n) is 7.12. The van der Waals surface area contributed by atoms with Gasteiger partial charge in [0.05, 0.1) is 26.3 Å². The number of methoxy groups -OCH3 is 2. The maximum Gasteiger partial charge on any atom is 0.373 e. The Balaban J connectivity index is 0.000000403. The van der Waals surface area contributed by atoms with E-state index in [1.54, 1.807) is 28.8 Å². The van der Waals surface area contributed by atoms with Crippen LogP contribution in [0.1, 0.15) is 66.2 Å². The largest absolute Gasteiger partial charge is 0.461 e. The topological polar surface area (TPSA) is 187 Å². The Morgan fingerprint density at radius 1 is 0.957 bits per heavy atom. The molecule has 0 unspecified atom stereocenters. The highest BCUT2D eigenvalue weighted by Crippen LogP contribution is 2.28. The van der Waals surface area contributed by atoms with Gasteiger partial charge in [-0.1, -0.05) is 37.0 Å². The molecule has 1 fully saturated rings. The summed E-state index contributed by atoms with van der Waals surface area (Å²) in [7, 11) is 2.98. The molecule has 2 atom stereocenters. The molecule has 0 bridgehead atoms. The highest BCUT2D eigenvalue weighted by molar-refractivity contribution is 6.33. The smallest absolute Gasteiger partial charge is 0.373 e. The Bertz CT molecular complexity index is 1560. The number of carbonyl (C=O) groups is 2. The zero-order valence-corrected chi connectivity index (χ0v) is 28.3. The van der Waals surface area contributed by atoms with Crippen molar-refractivity contribution < 1.29 is 47.7 Å². The van der Waals surface area contributed by atoms with E-state index in [9.17, 15) is 19.2 Å². The van der Waals surface area contributed by atoms with Gasteiger partial charge in [0.2, 0.25) is 10.9 Å². The molecule has 0 saturated carbocycles. The number of amides is 1. The van der Waals surface area contributed by atoms with E-state index in [0.717, 1.165) is 6.42 Å².